The van der Waals surface area contributed by atoms with E-state index in [9.17, 15) is 13.6 Å². The van der Waals surface area contributed by atoms with Gasteiger partial charge in [-0.25, -0.2) is 9.37 Å². The van der Waals surface area contributed by atoms with E-state index in [1.54, 1.807) is 18.2 Å². The predicted molar refractivity (Wildman–Crippen MR) is 70.1 cm³/mol. The standard InChI is InChI=1S/C12H6F2N4OS/c13-9-6(4-5-15-11(9)14)12(19)16-7-2-1-3-8-10(7)18-20-17-8/h1-5H,(H,16,19). The molecule has 20 heavy (non-hydrogen) atoms. The monoisotopic (exact) mass is 292 g/mol. The molecule has 0 unspecified atom stereocenters. The fourth-order valence-corrected chi connectivity index (χ4v) is 2.24. The van der Waals surface area contributed by atoms with Crippen LogP contribution in [0.2, 0.25) is 0 Å². The number of carbonyl (C=O) groups is 1. The first-order valence-corrected chi connectivity index (χ1v) is 6.22. The van der Waals surface area contributed by atoms with Crippen molar-refractivity contribution in [2.24, 2.45) is 8.73 Å². The molecule has 1 N–H and O–H groups in total. The average Bonchev–Trinajstić information content (AvgIpc) is 2.91. The minimum Gasteiger partial charge on any atom is -0.320 e. The van der Waals surface area contributed by atoms with Crippen molar-refractivity contribution in [3.63, 3.8) is 0 Å². The van der Waals surface area contributed by atoms with Gasteiger partial charge in [-0.2, -0.15) is 13.1 Å². The van der Waals surface area contributed by atoms with E-state index in [0.29, 0.717) is 17.1 Å². The van der Waals surface area contributed by atoms with Crippen molar-refractivity contribution in [3.05, 3.63) is 47.8 Å². The molecular weight excluding hydrogens is 286 g/mol. The number of aromatic nitrogens is 1. The lowest BCUT2D eigenvalue weighted by molar-refractivity contribution is 0.102. The molecule has 0 spiro atoms. The highest BCUT2D eigenvalue weighted by atomic mass is 32.1. The summed E-state index contributed by atoms with van der Waals surface area (Å²) in [5.74, 6) is -3.37. The smallest absolute Gasteiger partial charge is 0.258 e. The molecule has 2 aromatic rings. The number of benzene rings is 1. The van der Waals surface area contributed by atoms with Crippen molar-refractivity contribution in [3.8, 4) is 0 Å². The van der Waals surface area contributed by atoms with E-state index in [1.165, 1.54) is 0 Å². The van der Waals surface area contributed by atoms with Gasteiger partial charge in [0.15, 0.2) is 5.82 Å². The first-order valence-electron chi connectivity index (χ1n) is 5.49. The van der Waals surface area contributed by atoms with Gasteiger partial charge in [0.25, 0.3) is 5.91 Å². The molecule has 1 aromatic carbocycles. The second kappa shape index (κ2) is 4.89. The third kappa shape index (κ3) is 2.10. The van der Waals surface area contributed by atoms with Gasteiger partial charge in [0, 0.05) is 6.20 Å². The Morgan fingerprint density at radius 2 is 2.05 bits per heavy atom. The van der Waals surface area contributed by atoms with Crippen LogP contribution >= 0.6 is 0 Å². The Morgan fingerprint density at radius 1 is 1.20 bits per heavy atom. The van der Waals surface area contributed by atoms with Crippen molar-refractivity contribution in [2.45, 2.75) is 0 Å². The van der Waals surface area contributed by atoms with Crippen LogP contribution in [0.3, 0.4) is 0 Å². The van der Waals surface area contributed by atoms with Crippen molar-refractivity contribution >= 4 is 34.3 Å². The Labute approximate surface area is 115 Å². The van der Waals surface area contributed by atoms with E-state index < -0.39 is 23.2 Å². The predicted octanol–water partition coefficient (Wildman–Crippen LogP) is 3.34. The maximum atomic E-state index is 13.5. The van der Waals surface area contributed by atoms with E-state index in [-0.39, 0.29) is 0 Å². The Hall–Kier alpha value is -2.48. The third-order valence-corrected chi connectivity index (χ3v) is 3.17. The number of anilines is 1. The zero-order valence-electron chi connectivity index (χ0n) is 9.80. The fourth-order valence-electron chi connectivity index (χ4n) is 1.69. The van der Waals surface area contributed by atoms with Gasteiger partial charge in [0.05, 0.1) is 22.6 Å². The molecule has 3 rings (SSSR count). The highest BCUT2D eigenvalue weighted by Crippen LogP contribution is 2.38. The Balaban J connectivity index is 1.93. The summed E-state index contributed by atoms with van der Waals surface area (Å²) in [6.45, 7) is 0. The van der Waals surface area contributed by atoms with Crippen LogP contribution in [0.25, 0.3) is 0 Å². The summed E-state index contributed by atoms with van der Waals surface area (Å²) >= 11 is 1.00. The number of halogens is 2. The van der Waals surface area contributed by atoms with Gasteiger partial charge in [-0.3, -0.25) is 4.79 Å². The molecule has 0 saturated heterocycles. The molecule has 0 aliphatic carbocycles. The number of nitrogens with one attached hydrogen (secondary N) is 1. The zero-order chi connectivity index (χ0) is 14.1. The maximum Gasteiger partial charge on any atom is 0.258 e. The van der Waals surface area contributed by atoms with Crippen LogP contribution in [0.1, 0.15) is 10.4 Å². The van der Waals surface area contributed by atoms with Crippen LogP contribution in [-0.4, -0.2) is 10.9 Å². The summed E-state index contributed by atoms with van der Waals surface area (Å²) in [6, 6.07) is 6.13. The molecular formula is C12H6F2N4OS. The first kappa shape index (κ1) is 12.5. The molecule has 5 nitrogen and oxygen atoms in total. The molecule has 2 heterocycles. The second-order valence-corrected chi connectivity index (χ2v) is 4.38. The van der Waals surface area contributed by atoms with E-state index in [1.807, 2.05) is 0 Å². The summed E-state index contributed by atoms with van der Waals surface area (Å²) in [5.41, 5.74) is 1.09. The van der Waals surface area contributed by atoms with Crippen LogP contribution in [0.15, 0.2) is 39.2 Å². The zero-order valence-corrected chi connectivity index (χ0v) is 10.6. The van der Waals surface area contributed by atoms with Gasteiger partial charge < -0.3 is 5.32 Å². The van der Waals surface area contributed by atoms with Crippen molar-refractivity contribution in [1.29, 1.82) is 0 Å². The largest absolute Gasteiger partial charge is 0.320 e. The van der Waals surface area contributed by atoms with Gasteiger partial charge in [-0.05, 0) is 18.2 Å². The highest BCUT2D eigenvalue weighted by molar-refractivity contribution is 7.58. The average molecular weight is 292 g/mol. The summed E-state index contributed by atoms with van der Waals surface area (Å²) in [6.07, 6.45) is 1.03. The van der Waals surface area contributed by atoms with E-state index in [4.69, 9.17) is 0 Å². The van der Waals surface area contributed by atoms with Gasteiger partial charge in [-0.1, -0.05) is 6.07 Å². The number of nitrogens with zero attached hydrogens (tertiary/aromatic N) is 3. The molecule has 1 amide bonds. The van der Waals surface area contributed by atoms with E-state index in [2.05, 4.69) is 19.0 Å². The van der Waals surface area contributed by atoms with E-state index in [0.717, 1.165) is 23.6 Å². The van der Waals surface area contributed by atoms with Gasteiger partial charge in [0.1, 0.15) is 11.4 Å². The van der Waals surface area contributed by atoms with Crippen LogP contribution in [-0.2, 0) is 11.4 Å². The Bertz CT molecular complexity index is 787. The number of hydrogen-bond donors (Lipinski definition) is 1. The number of carbonyl (C=O) groups excluding carboxylic acids is 1. The molecule has 0 radical (unpaired) electrons. The SMILES string of the molecule is O=C(Nc1cccc2c1N=S=N2)c1ccnc(F)c1F. The molecule has 0 atom stereocenters. The summed E-state index contributed by atoms with van der Waals surface area (Å²) in [4.78, 5) is 15.1. The minimum absolute atomic E-state index is 0.387. The summed E-state index contributed by atoms with van der Waals surface area (Å²) in [7, 11) is 0. The van der Waals surface area contributed by atoms with Crippen molar-refractivity contribution in [1.82, 2.24) is 4.98 Å². The van der Waals surface area contributed by atoms with Gasteiger partial charge >= 0.3 is 0 Å². The summed E-state index contributed by atoms with van der Waals surface area (Å²) < 4.78 is 34.5. The van der Waals surface area contributed by atoms with E-state index >= 15 is 0 Å². The fraction of sp³-hybridized carbons (Fsp3) is 0. The normalized spacial score (nSPS) is 11.9. The number of rotatable bonds is 2. The Morgan fingerprint density at radius 3 is 2.90 bits per heavy atom. The quantitative estimate of drug-likeness (QED) is 0.736. The molecule has 100 valence electrons. The number of fused-ring (bicyclic) bond motifs is 1. The molecule has 0 bridgehead atoms. The maximum absolute atomic E-state index is 13.5. The lowest BCUT2D eigenvalue weighted by atomic mass is 10.2. The lowest BCUT2D eigenvalue weighted by Gasteiger charge is -2.08. The van der Waals surface area contributed by atoms with Gasteiger partial charge in [-0.15, -0.1) is 0 Å². The molecule has 1 aromatic heterocycles. The lowest BCUT2D eigenvalue weighted by Crippen LogP contribution is -2.15. The Kier molecular flexibility index (Phi) is 3.07. The van der Waals surface area contributed by atoms with Crippen LogP contribution in [0, 0.1) is 11.8 Å². The third-order valence-electron chi connectivity index (χ3n) is 2.63. The van der Waals surface area contributed by atoms with Crippen molar-refractivity contribution < 1.29 is 13.6 Å². The molecule has 1 aliphatic heterocycles. The number of pyridine rings is 1. The minimum atomic E-state index is -1.31. The number of amides is 1. The molecule has 8 heteroatoms. The van der Waals surface area contributed by atoms with Crippen LogP contribution < -0.4 is 5.32 Å². The molecule has 0 fully saturated rings. The van der Waals surface area contributed by atoms with Crippen molar-refractivity contribution in [2.75, 3.05) is 5.32 Å². The second-order valence-electron chi connectivity index (χ2n) is 3.85. The van der Waals surface area contributed by atoms with Crippen LogP contribution in [0.4, 0.5) is 25.8 Å². The van der Waals surface area contributed by atoms with Crippen LogP contribution in [0.5, 0.6) is 0 Å². The topological polar surface area (TPSA) is 66.7 Å². The van der Waals surface area contributed by atoms with Gasteiger partial charge in [0.2, 0.25) is 5.95 Å². The first-order chi connectivity index (χ1) is 9.66. The summed E-state index contributed by atoms with van der Waals surface area (Å²) in [5, 5.41) is 2.49. The highest BCUT2D eigenvalue weighted by Gasteiger charge is 2.18. The molecule has 0 saturated carbocycles. The number of hydrogen-bond acceptors (Lipinski definition) is 4. The molecule has 1 aliphatic rings.